The monoisotopic (exact) mass is 339 g/mol. The minimum Gasteiger partial charge on any atom is -0.489 e. The fraction of sp³-hybridized carbons (Fsp3) is 0.294. The van der Waals surface area contributed by atoms with E-state index in [4.69, 9.17) is 27.9 Å². The average molecular weight is 340 g/mol. The van der Waals surface area contributed by atoms with Gasteiger partial charge in [0.25, 0.3) is 0 Å². The first-order valence-electron chi connectivity index (χ1n) is 7.15. The predicted octanol–water partition coefficient (Wildman–Crippen LogP) is 3.57. The molecule has 2 aromatic rings. The summed E-state index contributed by atoms with van der Waals surface area (Å²) in [6, 6.07) is 15.2. The van der Waals surface area contributed by atoms with Crippen LogP contribution in [0.3, 0.4) is 0 Å². The van der Waals surface area contributed by atoms with E-state index in [9.17, 15) is 5.11 Å². The van der Waals surface area contributed by atoms with Crippen molar-refractivity contribution in [2.75, 3.05) is 19.7 Å². The van der Waals surface area contributed by atoms with Gasteiger partial charge in [0.1, 0.15) is 18.5 Å². The highest BCUT2D eigenvalue weighted by atomic mass is 35.5. The van der Waals surface area contributed by atoms with E-state index in [1.54, 1.807) is 18.2 Å². The lowest BCUT2D eigenvalue weighted by atomic mass is 10.1. The summed E-state index contributed by atoms with van der Waals surface area (Å²) in [7, 11) is 0. The van der Waals surface area contributed by atoms with Gasteiger partial charge in [0.2, 0.25) is 0 Å². The second-order valence-electron chi connectivity index (χ2n) is 4.98. The highest BCUT2D eigenvalue weighted by molar-refractivity contribution is 6.34. The second kappa shape index (κ2) is 9.01. The maximum Gasteiger partial charge on any atom is 0.139 e. The maximum atomic E-state index is 9.90. The zero-order valence-corrected chi connectivity index (χ0v) is 13.6. The summed E-state index contributed by atoms with van der Waals surface area (Å²) in [5.74, 6) is 0.484. The largest absolute Gasteiger partial charge is 0.489 e. The van der Waals surface area contributed by atoms with Crippen molar-refractivity contribution in [3.8, 4) is 5.75 Å². The van der Waals surface area contributed by atoms with E-state index < -0.39 is 6.10 Å². The van der Waals surface area contributed by atoms with Gasteiger partial charge in [-0.15, -0.1) is 0 Å². The van der Waals surface area contributed by atoms with Gasteiger partial charge in [-0.25, -0.2) is 0 Å². The summed E-state index contributed by atoms with van der Waals surface area (Å²) in [5, 5.41) is 14.1. The molecular weight excluding hydrogens is 321 g/mol. The number of halogens is 2. The first-order chi connectivity index (χ1) is 10.6. The Morgan fingerprint density at radius 3 is 2.64 bits per heavy atom. The average Bonchev–Trinajstić information content (AvgIpc) is 2.53. The minimum absolute atomic E-state index is 0.165. The van der Waals surface area contributed by atoms with Crippen LogP contribution in [0.25, 0.3) is 0 Å². The zero-order chi connectivity index (χ0) is 15.8. The lowest BCUT2D eigenvalue weighted by molar-refractivity contribution is 0.107. The lowest BCUT2D eigenvalue weighted by Crippen LogP contribution is -2.32. The van der Waals surface area contributed by atoms with Crippen molar-refractivity contribution < 1.29 is 9.84 Å². The van der Waals surface area contributed by atoms with Gasteiger partial charge in [-0.3, -0.25) is 0 Å². The van der Waals surface area contributed by atoms with Gasteiger partial charge in [0, 0.05) is 17.6 Å². The highest BCUT2D eigenvalue weighted by Gasteiger charge is 2.07. The van der Waals surface area contributed by atoms with Gasteiger partial charge in [-0.1, -0.05) is 53.5 Å². The molecule has 22 heavy (non-hydrogen) atoms. The van der Waals surface area contributed by atoms with Crippen LogP contribution in [-0.4, -0.2) is 30.9 Å². The van der Waals surface area contributed by atoms with Crippen LogP contribution in [0.4, 0.5) is 0 Å². The summed E-state index contributed by atoms with van der Waals surface area (Å²) in [4.78, 5) is 0. The van der Waals surface area contributed by atoms with Gasteiger partial charge in [-0.2, -0.15) is 0 Å². The normalized spacial score (nSPS) is 12.1. The number of rotatable bonds is 8. The topological polar surface area (TPSA) is 41.5 Å². The summed E-state index contributed by atoms with van der Waals surface area (Å²) in [6.45, 7) is 1.43. The Morgan fingerprint density at radius 2 is 1.86 bits per heavy atom. The smallest absolute Gasteiger partial charge is 0.139 e. The summed E-state index contributed by atoms with van der Waals surface area (Å²) in [5.41, 5.74) is 1.27. The van der Waals surface area contributed by atoms with Crippen LogP contribution in [0.2, 0.25) is 10.0 Å². The summed E-state index contributed by atoms with van der Waals surface area (Å²) >= 11 is 11.9. The van der Waals surface area contributed by atoms with E-state index in [1.165, 1.54) is 5.56 Å². The van der Waals surface area contributed by atoms with Crippen molar-refractivity contribution in [3.05, 3.63) is 64.1 Å². The third-order valence-corrected chi connectivity index (χ3v) is 3.69. The fourth-order valence-corrected chi connectivity index (χ4v) is 2.31. The van der Waals surface area contributed by atoms with Crippen molar-refractivity contribution in [1.29, 1.82) is 0 Å². The van der Waals surface area contributed by atoms with Crippen LogP contribution in [0.5, 0.6) is 5.75 Å². The summed E-state index contributed by atoms with van der Waals surface area (Å²) in [6.07, 6.45) is 0.319. The highest BCUT2D eigenvalue weighted by Crippen LogP contribution is 2.27. The van der Waals surface area contributed by atoms with Crippen molar-refractivity contribution in [1.82, 2.24) is 5.32 Å². The van der Waals surface area contributed by atoms with Gasteiger partial charge < -0.3 is 15.2 Å². The molecule has 0 spiro atoms. The van der Waals surface area contributed by atoms with Gasteiger partial charge in [0.05, 0.1) is 5.02 Å². The van der Waals surface area contributed by atoms with Crippen LogP contribution in [-0.2, 0) is 6.42 Å². The molecular formula is C17H19Cl2NO2. The number of hydrogen-bond acceptors (Lipinski definition) is 3. The molecule has 2 aromatic carbocycles. The van der Waals surface area contributed by atoms with Crippen molar-refractivity contribution in [3.63, 3.8) is 0 Å². The van der Waals surface area contributed by atoms with E-state index in [1.807, 2.05) is 18.2 Å². The Labute approximate surface area is 140 Å². The molecule has 3 nitrogen and oxygen atoms in total. The first kappa shape index (κ1) is 17.1. The van der Waals surface area contributed by atoms with Crippen LogP contribution >= 0.6 is 23.2 Å². The molecule has 0 aromatic heterocycles. The quantitative estimate of drug-likeness (QED) is 0.722. The Morgan fingerprint density at radius 1 is 1.09 bits per heavy atom. The predicted molar refractivity (Wildman–Crippen MR) is 91.0 cm³/mol. The molecule has 0 bridgehead atoms. The Balaban J connectivity index is 1.65. The lowest BCUT2D eigenvalue weighted by Gasteiger charge is -2.14. The molecule has 0 radical (unpaired) electrons. The minimum atomic E-state index is -0.606. The molecule has 5 heteroatoms. The van der Waals surface area contributed by atoms with Crippen molar-refractivity contribution >= 4 is 23.2 Å². The molecule has 0 saturated carbocycles. The molecule has 2 N–H and O–H groups in total. The number of aliphatic hydroxyl groups is 1. The van der Waals surface area contributed by atoms with Crippen molar-refractivity contribution in [2.45, 2.75) is 12.5 Å². The Bertz CT molecular complexity index is 578. The molecule has 1 unspecified atom stereocenters. The maximum absolute atomic E-state index is 9.90. The summed E-state index contributed by atoms with van der Waals surface area (Å²) < 4.78 is 5.49. The van der Waals surface area contributed by atoms with Gasteiger partial charge in [-0.05, 0) is 30.7 Å². The molecule has 0 amide bonds. The van der Waals surface area contributed by atoms with Crippen LogP contribution in [0, 0.1) is 0 Å². The molecule has 0 saturated heterocycles. The number of ether oxygens (including phenoxy) is 1. The van der Waals surface area contributed by atoms with E-state index in [0.717, 1.165) is 13.0 Å². The first-order valence-corrected chi connectivity index (χ1v) is 7.91. The standard InChI is InChI=1S/C17H19Cl2NO2/c18-14-6-7-16(19)17(10-14)22-12-15(21)11-20-9-8-13-4-2-1-3-5-13/h1-7,10,15,20-21H,8-9,11-12H2. The number of nitrogens with one attached hydrogen (secondary N) is 1. The molecule has 1 atom stereocenters. The fourth-order valence-electron chi connectivity index (χ4n) is 1.98. The van der Waals surface area contributed by atoms with E-state index >= 15 is 0 Å². The van der Waals surface area contributed by atoms with Crippen LogP contribution in [0.1, 0.15) is 5.56 Å². The number of benzene rings is 2. The van der Waals surface area contributed by atoms with Crippen molar-refractivity contribution in [2.24, 2.45) is 0 Å². The molecule has 0 fully saturated rings. The molecule has 0 aliphatic heterocycles. The zero-order valence-electron chi connectivity index (χ0n) is 12.1. The molecule has 0 aliphatic rings. The number of hydrogen-bond donors (Lipinski definition) is 2. The van der Waals surface area contributed by atoms with Gasteiger partial charge >= 0.3 is 0 Å². The molecule has 2 rings (SSSR count). The molecule has 0 aliphatic carbocycles. The van der Waals surface area contributed by atoms with Crippen LogP contribution < -0.4 is 10.1 Å². The number of aliphatic hydroxyl groups excluding tert-OH is 1. The Hall–Kier alpha value is -1.26. The Kier molecular flexibility index (Phi) is 7.00. The third kappa shape index (κ3) is 5.85. The molecule has 118 valence electrons. The van der Waals surface area contributed by atoms with Crippen LogP contribution in [0.15, 0.2) is 48.5 Å². The third-order valence-electron chi connectivity index (χ3n) is 3.14. The van der Waals surface area contributed by atoms with E-state index in [0.29, 0.717) is 22.3 Å². The molecule has 0 heterocycles. The van der Waals surface area contributed by atoms with E-state index in [2.05, 4.69) is 17.4 Å². The van der Waals surface area contributed by atoms with E-state index in [-0.39, 0.29) is 6.61 Å². The SMILES string of the molecule is OC(CNCCc1ccccc1)COc1cc(Cl)ccc1Cl. The second-order valence-corrected chi connectivity index (χ2v) is 5.82. The van der Waals surface area contributed by atoms with Gasteiger partial charge in [0.15, 0.2) is 0 Å².